The van der Waals surface area contributed by atoms with Gasteiger partial charge in [-0.25, -0.2) is 0 Å². The Labute approximate surface area is 185 Å². The third kappa shape index (κ3) is 7.19. The van der Waals surface area contributed by atoms with Crippen LogP contribution in [0.25, 0.3) is 0 Å². The Kier molecular flexibility index (Phi) is 9.89. The van der Waals surface area contributed by atoms with Gasteiger partial charge in [0.1, 0.15) is 0 Å². The van der Waals surface area contributed by atoms with E-state index in [9.17, 15) is 10.2 Å². The molecular formula is C26H46N2O2. The second-order valence-electron chi connectivity index (χ2n) is 10.2. The van der Waals surface area contributed by atoms with Crippen LogP contribution < -0.4 is 0 Å². The zero-order valence-corrected chi connectivity index (χ0v) is 19.5. The molecule has 5 atom stereocenters. The maximum absolute atomic E-state index is 10.5. The number of nitrogens with zero attached hydrogens (tertiary/aromatic N) is 2. The number of allylic oxidation sites excluding steroid dienone is 2. The molecule has 0 aromatic heterocycles. The number of piperazine rings is 1. The largest absolute Gasteiger partial charge is 0.392 e. The van der Waals surface area contributed by atoms with Crippen molar-refractivity contribution in [2.45, 2.75) is 83.3 Å². The van der Waals surface area contributed by atoms with Crippen LogP contribution in [0.3, 0.4) is 0 Å². The maximum atomic E-state index is 10.5. The van der Waals surface area contributed by atoms with Crippen molar-refractivity contribution < 1.29 is 10.2 Å². The molecule has 2 N–H and O–H groups in total. The number of aliphatic hydroxyl groups excluding tert-OH is 2. The Morgan fingerprint density at radius 2 is 1.87 bits per heavy atom. The highest BCUT2D eigenvalue weighted by atomic mass is 16.3. The molecule has 0 spiro atoms. The van der Waals surface area contributed by atoms with Crippen molar-refractivity contribution in [3.05, 3.63) is 23.8 Å². The number of rotatable bonds is 11. The van der Waals surface area contributed by atoms with E-state index < -0.39 is 0 Å². The zero-order valence-electron chi connectivity index (χ0n) is 19.5. The SMILES string of the molecule is CCCCC[C@H](O)C=C[C@@H]1[C@H]2CC(=CCCCCN3CCN(C)CC3)C[C@H]2C[C@H]1O. The first-order chi connectivity index (χ1) is 14.6. The van der Waals surface area contributed by atoms with Crippen molar-refractivity contribution in [2.75, 3.05) is 39.8 Å². The molecule has 1 saturated heterocycles. The minimum atomic E-state index is -0.348. The van der Waals surface area contributed by atoms with Crippen LogP contribution in [0.2, 0.25) is 0 Å². The molecule has 0 bridgehead atoms. The average Bonchev–Trinajstić information content (AvgIpc) is 3.24. The molecule has 0 amide bonds. The first-order valence-corrected chi connectivity index (χ1v) is 12.7. The Morgan fingerprint density at radius 3 is 2.63 bits per heavy atom. The second kappa shape index (κ2) is 12.4. The quantitative estimate of drug-likeness (QED) is 0.389. The Hall–Kier alpha value is -0.680. The average molecular weight is 419 g/mol. The molecule has 30 heavy (non-hydrogen) atoms. The third-order valence-corrected chi connectivity index (χ3v) is 7.73. The number of hydrogen-bond donors (Lipinski definition) is 2. The van der Waals surface area contributed by atoms with Gasteiger partial charge in [-0.3, -0.25) is 0 Å². The molecule has 0 aromatic rings. The van der Waals surface area contributed by atoms with E-state index in [-0.39, 0.29) is 18.1 Å². The van der Waals surface area contributed by atoms with E-state index in [1.54, 1.807) is 5.57 Å². The number of fused-ring (bicyclic) bond motifs is 1. The van der Waals surface area contributed by atoms with Crippen molar-refractivity contribution in [3.8, 4) is 0 Å². The molecule has 3 aliphatic rings. The predicted octanol–water partition coefficient (Wildman–Crippen LogP) is 4.23. The third-order valence-electron chi connectivity index (χ3n) is 7.73. The van der Waals surface area contributed by atoms with Crippen molar-refractivity contribution >= 4 is 0 Å². The summed E-state index contributed by atoms with van der Waals surface area (Å²) in [7, 11) is 2.22. The van der Waals surface area contributed by atoms with Crippen LogP contribution in [-0.2, 0) is 0 Å². The summed E-state index contributed by atoms with van der Waals surface area (Å²) in [6, 6.07) is 0. The summed E-state index contributed by atoms with van der Waals surface area (Å²) in [5.74, 6) is 1.46. The van der Waals surface area contributed by atoms with Crippen LogP contribution in [0.4, 0.5) is 0 Å². The first kappa shape index (κ1) is 24.0. The fourth-order valence-electron chi connectivity index (χ4n) is 5.75. The molecule has 1 aliphatic heterocycles. The van der Waals surface area contributed by atoms with Crippen LogP contribution in [0.1, 0.15) is 71.1 Å². The molecule has 0 unspecified atom stereocenters. The van der Waals surface area contributed by atoms with Crippen LogP contribution in [0, 0.1) is 17.8 Å². The molecule has 0 radical (unpaired) electrons. The highest BCUT2D eigenvalue weighted by Gasteiger charge is 2.44. The topological polar surface area (TPSA) is 46.9 Å². The minimum Gasteiger partial charge on any atom is -0.392 e. The smallest absolute Gasteiger partial charge is 0.0721 e. The highest BCUT2D eigenvalue weighted by molar-refractivity contribution is 5.18. The number of likely N-dealkylation sites (N-methyl/N-ethyl adjacent to an activating group) is 1. The molecule has 2 aliphatic carbocycles. The summed E-state index contributed by atoms with van der Waals surface area (Å²) in [5, 5.41) is 20.7. The molecule has 1 heterocycles. The summed E-state index contributed by atoms with van der Waals surface area (Å²) in [6.07, 6.45) is 17.4. The molecular weight excluding hydrogens is 372 g/mol. The maximum Gasteiger partial charge on any atom is 0.0721 e. The fraction of sp³-hybridized carbons (Fsp3) is 0.846. The van der Waals surface area contributed by atoms with E-state index in [1.807, 2.05) is 6.08 Å². The molecule has 0 aromatic carbocycles. The van der Waals surface area contributed by atoms with Crippen LogP contribution in [-0.4, -0.2) is 72.0 Å². The van der Waals surface area contributed by atoms with Gasteiger partial charge in [0.15, 0.2) is 0 Å². The lowest BCUT2D eigenvalue weighted by Gasteiger charge is -2.32. The van der Waals surface area contributed by atoms with E-state index in [0.29, 0.717) is 11.8 Å². The number of unbranched alkanes of at least 4 members (excludes halogenated alkanes) is 4. The molecule has 3 rings (SSSR count). The molecule has 3 fully saturated rings. The van der Waals surface area contributed by atoms with Crippen molar-refractivity contribution in [2.24, 2.45) is 17.8 Å². The Morgan fingerprint density at radius 1 is 1.07 bits per heavy atom. The van der Waals surface area contributed by atoms with Gasteiger partial charge in [-0.2, -0.15) is 0 Å². The van der Waals surface area contributed by atoms with Crippen molar-refractivity contribution in [3.63, 3.8) is 0 Å². The fourth-order valence-corrected chi connectivity index (χ4v) is 5.75. The number of hydrogen-bond acceptors (Lipinski definition) is 4. The zero-order chi connectivity index (χ0) is 21.3. The summed E-state index contributed by atoms with van der Waals surface area (Å²) < 4.78 is 0. The lowest BCUT2D eigenvalue weighted by molar-refractivity contribution is 0.139. The summed E-state index contributed by atoms with van der Waals surface area (Å²) >= 11 is 0. The monoisotopic (exact) mass is 418 g/mol. The van der Waals surface area contributed by atoms with E-state index in [0.717, 1.165) is 25.7 Å². The van der Waals surface area contributed by atoms with Gasteiger partial charge in [0, 0.05) is 32.1 Å². The summed E-state index contributed by atoms with van der Waals surface area (Å²) in [6.45, 7) is 8.32. The van der Waals surface area contributed by atoms with Gasteiger partial charge in [0.2, 0.25) is 0 Å². The van der Waals surface area contributed by atoms with E-state index in [2.05, 4.69) is 35.9 Å². The summed E-state index contributed by atoms with van der Waals surface area (Å²) in [4.78, 5) is 5.03. The van der Waals surface area contributed by atoms with Gasteiger partial charge in [-0.1, -0.05) is 50.0 Å². The van der Waals surface area contributed by atoms with Crippen LogP contribution >= 0.6 is 0 Å². The van der Waals surface area contributed by atoms with Crippen LogP contribution in [0.5, 0.6) is 0 Å². The highest BCUT2D eigenvalue weighted by Crippen LogP contribution is 2.50. The van der Waals surface area contributed by atoms with Gasteiger partial charge in [0.05, 0.1) is 12.2 Å². The van der Waals surface area contributed by atoms with Crippen molar-refractivity contribution in [1.29, 1.82) is 0 Å². The van der Waals surface area contributed by atoms with Gasteiger partial charge < -0.3 is 20.0 Å². The van der Waals surface area contributed by atoms with Gasteiger partial charge in [0.25, 0.3) is 0 Å². The van der Waals surface area contributed by atoms with Gasteiger partial charge >= 0.3 is 0 Å². The molecule has 172 valence electrons. The molecule has 4 heteroatoms. The predicted molar refractivity (Wildman–Crippen MR) is 125 cm³/mol. The second-order valence-corrected chi connectivity index (χ2v) is 10.2. The molecule has 2 saturated carbocycles. The lowest BCUT2D eigenvalue weighted by atomic mass is 9.90. The first-order valence-electron chi connectivity index (χ1n) is 12.7. The lowest BCUT2D eigenvalue weighted by Crippen LogP contribution is -2.44. The van der Waals surface area contributed by atoms with Gasteiger partial charge in [-0.05, 0) is 70.4 Å². The number of aliphatic hydroxyl groups is 2. The molecule has 4 nitrogen and oxygen atoms in total. The normalized spacial score (nSPS) is 33.0. The van der Waals surface area contributed by atoms with Gasteiger partial charge in [-0.15, -0.1) is 0 Å². The van der Waals surface area contributed by atoms with Crippen LogP contribution in [0.15, 0.2) is 23.8 Å². The van der Waals surface area contributed by atoms with E-state index in [4.69, 9.17) is 0 Å². The Bertz CT molecular complexity index is 553. The Balaban J connectivity index is 1.36. The standard InChI is InChI=1S/C26H46N2O2/c1-3-4-6-10-23(29)11-12-24-25-19-21(18-22(25)20-26(24)30)9-7-5-8-13-28-16-14-27(2)15-17-28/h9,11-12,22-26,29-30H,3-8,10,13-20H2,1-2H3/t22-,23-,24+,25-,26+/m0/s1. The van der Waals surface area contributed by atoms with E-state index >= 15 is 0 Å². The van der Waals surface area contributed by atoms with E-state index in [1.165, 1.54) is 71.2 Å². The minimum absolute atomic E-state index is 0.218. The van der Waals surface area contributed by atoms with Crippen molar-refractivity contribution in [1.82, 2.24) is 9.80 Å². The summed E-state index contributed by atoms with van der Waals surface area (Å²) in [5.41, 5.74) is 1.62.